The van der Waals surface area contributed by atoms with E-state index in [2.05, 4.69) is 15.3 Å². The molecule has 21 heavy (non-hydrogen) atoms. The number of aryl methyl sites for hydroxylation is 3. The van der Waals surface area contributed by atoms with Crippen molar-refractivity contribution in [2.45, 2.75) is 26.9 Å². The summed E-state index contributed by atoms with van der Waals surface area (Å²) < 4.78 is 12.2. The Morgan fingerprint density at radius 3 is 2.86 bits per heavy atom. The highest BCUT2D eigenvalue weighted by atomic mass is 32.1. The fourth-order valence-corrected chi connectivity index (χ4v) is 3.01. The van der Waals surface area contributed by atoms with Gasteiger partial charge in [0, 0.05) is 18.9 Å². The zero-order valence-corrected chi connectivity index (χ0v) is 12.7. The molecule has 0 aromatic carbocycles. The highest BCUT2D eigenvalue weighted by Gasteiger charge is 2.17. The molecule has 0 saturated carbocycles. The molecular weight excluding hydrogens is 292 g/mol. The normalized spacial score (nSPS) is 11.2. The molecule has 8 heteroatoms. The Balaban J connectivity index is 1.73. The number of rotatable bonds is 4. The van der Waals surface area contributed by atoms with Crippen LogP contribution in [-0.4, -0.2) is 25.9 Å². The number of ether oxygens (including phenoxy) is 1. The minimum Gasteiger partial charge on any atom is -0.451 e. The minimum absolute atomic E-state index is 0.0166. The van der Waals surface area contributed by atoms with Gasteiger partial charge in [-0.15, -0.1) is 21.5 Å². The zero-order chi connectivity index (χ0) is 15.0. The van der Waals surface area contributed by atoms with Crippen molar-refractivity contribution in [3.8, 4) is 0 Å². The van der Waals surface area contributed by atoms with Crippen LogP contribution in [0.5, 0.6) is 0 Å². The van der Waals surface area contributed by atoms with Crippen molar-refractivity contribution in [2.75, 3.05) is 0 Å². The van der Waals surface area contributed by atoms with Gasteiger partial charge in [-0.05, 0) is 13.0 Å². The average Bonchev–Trinajstić information content (AvgIpc) is 3.15. The zero-order valence-electron chi connectivity index (χ0n) is 11.9. The maximum absolute atomic E-state index is 12.1. The van der Waals surface area contributed by atoms with Gasteiger partial charge >= 0.3 is 5.97 Å². The Hall–Kier alpha value is -2.22. The van der Waals surface area contributed by atoms with Gasteiger partial charge in [0.25, 0.3) is 5.89 Å². The van der Waals surface area contributed by atoms with Crippen LogP contribution in [0.15, 0.2) is 10.5 Å². The first-order chi connectivity index (χ1) is 10.1. The van der Waals surface area contributed by atoms with Gasteiger partial charge in [0.05, 0.1) is 5.69 Å². The predicted octanol–water partition coefficient (Wildman–Crippen LogP) is 2.25. The van der Waals surface area contributed by atoms with Crippen molar-refractivity contribution in [1.29, 1.82) is 0 Å². The van der Waals surface area contributed by atoms with E-state index in [1.54, 1.807) is 10.7 Å². The molecule has 0 N–H and O–H groups in total. The van der Waals surface area contributed by atoms with E-state index in [1.165, 1.54) is 11.3 Å². The number of aromatic nitrogens is 4. The molecular formula is C13H14N4O3S. The summed E-state index contributed by atoms with van der Waals surface area (Å²) >= 11 is 1.36. The number of fused-ring (bicyclic) bond motifs is 1. The van der Waals surface area contributed by atoms with E-state index in [0.29, 0.717) is 23.1 Å². The quantitative estimate of drug-likeness (QED) is 0.687. The maximum Gasteiger partial charge on any atom is 0.348 e. The molecule has 0 fully saturated rings. The van der Waals surface area contributed by atoms with Gasteiger partial charge in [0.1, 0.15) is 9.71 Å². The predicted molar refractivity (Wildman–Crippen MR) is 76.1 cm³/mol. The van der Waals surface area contributed by atoms with E-state index in [9.17, 15) is 4.79 Å². The van der Waals surface area contributed by atoms with Crippen molar-refractivity contribution in [3.05, 3.63) is 28.4 Å². The standard InChI is InChI=1S/C13H14N4O3S/c1-4-10-14-15-11(20-10)6-19-13(18)9-5-8-7(2)16-17(3)12(8)21-9/h5H,4,6H2,1-3H3. The number of nitrogens with zero attached hydrogens (tertiary/aromatic N) is 4. The van der Waals surface area contributed by atoms with Gasteiger partial charge in [-0.1, -0.05) is 6.92 Å². The highest BCUT2D eigenvalue weighted by Crippen LogP contribution is 2.28. The Kier molecular flexibility index (Phi) is 3.46. The van der Waals surface area contributed by atoms with Crippen LogP contribution in [0.3, 0.4) is 0 Å². The average molecular weight is 306 g/mol. The number of carbonyl (C=O) groups excluding carboxylic acids is 1. The molecule has 3 aromatic heterocycles. The largest absolute Gasteiger partial charge is 0.451 e. The van der Waals surface area contributed by atoms with Crippen molar-refractivity contribution >= 4 is 27.5 Å². The lowest BCUT2D eigenvalue weighted by Gasteiger charge is -1.98. The van der Waals surface area contributed by atoms with Crippen LogP contribution in [0.4, 0.5) is 0 Å². The SMILES string of the molecule is CCc1nnc(COC(=O)c2cc3c(C)nn(C)c3s2)o1. The first-order valence-electron chi connectivity index (χ1n) is 6.50. The molecule has 110 valence electrons. The van der Waals surface area contributed by atoms with Crippen LogP contribution in [0, 0.1) is 6.92 Å². The van der Waals surface area contributed by atoms with Crippen molar-refractivity contribution in [1.82, 2.24) is 20.0 Å². The summed E-state index contributed by atoms with van der Waals surface area (Å²) in [5.74, 6) is 0.440. The first-order valence-corrected chi connectivity index (χ1v) is 7.31. The molecule has 3 aromatic rings. The van der Waals surface area contributed by atoms with Crippen LogP contribution in [-0.2, 0) is 24.8 Å². The Bertz CT molecular complexity index is 767. The third kappa shape index (κ3) is 2.54. The molecule has 0 aliphatic heterocycles. The van der Waals surface area contributed by atoms with Gasteiger partial charge in [-0.2, -0.15) is 5.10 Å². The number of hydrogen-bond donors (Lipinski definition) is 0. The molecule has 0 aliphatic rings. The molecule has 0 spiro atoms. The summed E-state index contributed by atoms with van der Waals surface area (Å²) in [7, 11) is 1.85. The summed E-state index contributed by atoms with van der Waals surface area (Å²) in [5.41, 5.74) is 0.896. The van der Waals surface area contributed by atoms with Gasteiger partial charge in [0.15, 0.2) is 6.61 Å². The third-order valence-electron chi connectivity index (χ3n) is 3.04. The van der Waals surface area contributed by atoms with Crippen LogP contribution in [0.1, 0.15) is 34.1 Å². The summed E-state index contributed by atoms with van der Waals surface area (Å²) in [6.07, 6.45) is 0.656. The lowest BCUT2D eigenvalue weighted by molar-refractivity contribution is 0.0442. The molecule has 0 saturated heterocycles. The molecule has 0 aliphatic carbocycles. The van der Waals surface area contributed by atoms with Crippen LogP contribution in [0.25, 0.3) is 10.2 Å². The van der Waals surface area contributed by atoms with Gasteiger partial charge in [-0.25, -0.2) is 4.79 Å². The fraction of sp³-hybridized carbons (Fsp3) is 0.385. The van der Waals surface area contributed by atoms with Crippen molar-refractivity contribution < 1.29 is 13.9 Å². The molecule has 0 atom stereocenters. The molecule has 0 unspecified atom stereocenters. The maximum atomic E-state index is 12.1. The van der Waals surface area contributed by atoms with Gasteiger partial charge < -0.3 is 9.15 Å². The lowest BCUT2D eigenvalue weighted by atomic mass is 10.3. The van der Waals surface area contributed by atoms with E-state index >= 15 is 0 Å². The second-order valence-electron chi connectivity index (χ2n) is 4.56. The van der Waals surface area contributed by atoms with E-state index in [4.69, 9.17) is 9.15 Å². The van der Waals surface area contributed by atoms with Crippen molar-refractivity contribution in [3.63, 3.8) is 0 Å². The Morgan fingerprint density at radius 2 is 2.19 bits per heavy atom. The second-order valence-corrected chi connectivity index (χ2v) is 5.59. The first kappa shape index (κ1) is 13.7. The number of carbonyl (C=O) groups is 1. The fourth-order valence-electron chi connectivity index (χ4n) is 1.99. The molecule has 0 radical (unpaired) electrons. The summed E-state index contributed by atoms with van der Waals surface area (Å²) in [4.78, 5) is 13.5. The summed E-state index contributed by atoms with van der Waals surface area (Å²) in [5, 5.41) is 12.9. The summed E-state index contributed by atoms with van der Waals surface area (Å²) in [6, 6.07) is 1.80. The lowest BCUT2D eigenvalue weighted by Crippen LogP contribution is -2.03. The Morgan fingerprint density at radius 1 is 1.43 bits per heavy atom. The number of thiophene rings is 1. The molecule has 0 bridgehead atoms. The number of esters is 1. The van der Waals surface area contributed by atoms with Crippen LogP contribution >= 0.6 is 11.3 Å². The molecule has 3 heterocycles. The molecule has 3 rings (SSSR count). The van der Waals surface area contributed by atoms with Gasteiger partial charge in [-0.3, -0.25) is 4.68 Å². The Labute approximate surface area is 124 Å². The van der Waals surface area contributed by atoms with E-state index < -0.39 is 5.97 Å². The topological polar surface area (TPSA) is 83.0 Å². The van der Waals surface area contributed by atoms with Crippen LogP contribution < -0.4 is 0 Å². The molecule has 0 amide bonds. The van der Waals surface area contributed by atoms with E-state index in [1.807, 2.05) is 20.9 Å². The monoisotopic (exact) mass is 306 g/mol. The van der Waals surface area contributed by atoms with E-state index in [0.717, 1.165) is 15.9 Å². The second kappa shape index (κ2) is 5.28. The van der Waals surface area contributed by atoms with Crippen LogP contribution in [0.2, 0.25) is 0 Å². The highest BCUT2D eigenvalue weighted by molar-refractivity contribution is 7.20. The van der Waals surface area contributed by atoms with E-state index in [-0.39, 0.29) is 6.61 Å². The minimum atomic E-state index is -0.396. The smallest absolute Gasteiger partial charge is 0.348 e. The summed E-state index contributed by atoms with van der Waals surface area (Å²) in [6.45, 7) is 3.81. The number of hydrogen-bond acceptors (Lipinski definition) is 7. The third-order valence-corrected chi connectivity index (χ3v) is 4.22. The molecule has 7 nitrogen and oxygen atoms in total. The van der Waals surface area contributed by atoms with Crippen molar-refractivity contribution in [2.24, 2.45) is 7.05 Å². The van der Waals surface area contributed by atoms with Gasteiger partial charge in [0.2, 0.25) is 5.89 Å².